The molecule has 3 heteroatoms. The molecule has 0 spiro atoms. The van der Waals surface area contributed by atoms with E-state index in [0.717, 1.165) is 6.54 Å². The smallest absolute Gasteiger partial charge is 0.380 e. The van der Waals surface area contributed by atoms with Crippen molar-refractivity contribution < 1.29 is 4.65 Å². The normalized spacial score (nSPS) is 21.1. The first-order valence-electron chi connectivity index (χ1n) is 10.7. The lowest BCUT2D eigenvalue weighted by molar-refractivity contribution is 0.106. The van der Waals surface area contributed by atoms with Crippen molar-refractivity contribution in [2.24, 2.45) is 0 Å². The molecule has 1 atom stereocenters. The molecule has 0 N–H and O–H groups in total. The zero-order valence-corrected chi connectivity index (χ0v) is 16.7. The van der Waals surface area contributed by atoms with Crippen LogP contribution in [-0.2, 0) is 10.3 Å². The summed E-state index contributed by atoms with van der Waals surface area (Å²) < 4.78 is 6.91. The molecule has 2 fully saturated rings. The molecule has 29 heavy (non-hydrogen) atoms. The van der Waals surface area contributed by atoms with E-state index in [9.17, 15) is 0 Å². The zero-order valence-electron chi connectivity index (χ0n) is 16.7. The largest absolute Gasteiger partial charge is 0.406 e. The van der Waals surface area contributed by atoms with Crippen molar-refractivity contribution >= 4 is 28.6 Å². The Morgan fingerprint density at radius 3 is 1.93 bits per heavy atom. The Morgan fingerprint density at radius 1 is 0.793 bits per heavy atom. The van der Waals surface area contributed by atoms with Crippen molar-refractivity contribution in [1.29, 1.82) is 0 Å². The Balaban J connectivity index is 1.62. The van der Waals surface area contributed by atoms with Gasteiger partial charge < -0.3 is 9.47 Å². The minimum atomic E-state index is -0.427. The van der Waals surface area contributed by atoms with Gasteiger partial charge in [-0.15, -0.1) is 0 Å². The summed E-state index contributed by atoms with van der Waals surface area (Å²) in [5.41, 5.74) is 2.12. The number of fused-ring (bicyclic) bond motifs is 3. The molecule has 142 valence electrons. The van der Waals surface area contributed by atoms with Gasteiger partial charge in [0.05, 0.1) is 0 Å². The molecule has 0 amide bonds. The molecular formula is C26H24BNO. The van der Waals surface area contributed by atoms with Crippen molar-refractivity contribution in [2.75, 3.05) is 6.54 Å². The van der Waals surface area contributed by atoms with E-state index in [4.69, 9.17) is 4.65 Å². The maximum Gasteiger partial charge on any atom is 0.380 e. The summed E-state index contributed by atoms with van der Waals surface area (Å²) in [5.74, 6) is 0. The highest BCUT2D eigenvalue weighted by Crippen LogP contribution is 2.49. The molecule has 2 nitrogen and oxygen atoms in total. The monoisotopic (exact) mass is 377 g/mol. The molecule has 0 bridgehead atoms. The Labute approximate surface area is 172 Å². The summed E-state index contributed by atoms with van der Waals surface area (Å²) in [6.07, 6.45) is 2.41. The Bertz CT molecular complexity index is 1140. The fraction of sp³-hybridized carbons (Fsp3) is 0.231. The fourth-order valence-corrected chi connectivity index (χ4v) is 5.60. The van der Waals surface area contributed by atoms with Gasteiger partial charge in [-0.2, -0.15) is 0 Å². The predicted octanol–water partition coefficient (Wildman–Crippen LogP) is 5.85. The SMILES string of the molecule is CB1OC(c2ccc3ccccc3c2)(c2ccc3ccccc3c2)C2CCCN12. The van der Waals surface area contributed by atoms with Crippen molar-refractivity contribution in [2.45, 2.75) is 31.3 Å². The third kappa shape index (κ3) is 2.51. The van der Waals surface area contributed by atoms with Crippen LogP contribution in [0.1, 0.15) is 24.0 Å². The molecule has 6 rings (SSSR count). The number of hydrogen-bond acceptors (Lipinski definition) is 2. The number of rotatable bonds is 2. The lowest BCUT2D eigenvalue weighted by Gasteiger charge is -2.36. The van der Waals surface area contributed by atoms with Crippen LogP contribution in [0.2, 0.25) is 6.82 Å². The molecule has 0 saturated carbocycles. The van der Waals surface area contributed by atoms with Crippen LogP contribution in [0.15, 0.2) is 84.9 Å². The second kappa shape index (κ2) is 6.45. The average molecular weight is 377 g/mol. The maximum atomic E-state index is 6.91. The number of hydrogen-bond donors (Lipinski definition) is 0. The highest BCUT2D eigenvalue weighted by atomic mass is 16.5. The Morgan fingerprint density at radius 2 is 1.34 bits per heavy atom. The van der Waals surface area contributed by atoms with Gasteiger partial charge >= 0.3 is 7.05 Å². The highest BCUT2D eigenvalue weighted by Gasteiger charge is 2.56. The highest BCUT2D eigenvalue weighted by molar-refractivity contribution is 6.48. The van der Waals surface area contributed by atoms with Crippen LogP contribution in [-0.4, -0.2) is 24.4 Å². The third-order valence-electron chi connectivity index (χ3n) is 6.94. The van der Waals surface area contributed by atoms with Crippen LogP contribution < -0.4 is 0 Å². The molecule has 2 aliphatic heterocycles. The second-order valence-electron chi connectivity index (χ2n) is 8.47. The molecule has 0 aliphatic carbocycles. The quantitative estimate of drug-likeness (QED) is 0.407. The van der Waals surface area contributed by atoms with Gasteiger partial charge in [-0.1, -0.05) is 72.8 Å². The van der Waals surface area contributed by atoms with E-state index in [1.807, 2.05) is 0 Å². The van der Waals surface area contributed by atoms with Crippen LogP contribution in [0.5, 0.6) is 0 Å². The maximum absolute atomic E-state index is 6.91. The summed E-state index contributed by atoms with van der Waals surface area (Å²) in [6, 6.07) is 31.4. The molecular weight excluding hydrogens is 353 g/mol. The van der Waals surface area contributed by atoms with E-state index in [-0.39, 0.29) is 7.05 Å². The predicted molar refractivity (Wildman–Crippen MR) is 121 cm³/mol. The van der Waals surface area contributed by atoms with E-state index in [0.29, 0.717) is 6.04 Å². The first-order chi connectivity index (χ1) is 14.3. The van der Waals surface area contributed by atoms with Gasteiger partial charge in [0.2, 0.25) is 0 Å². The molecule has 1 unspecified atom stereocenters. The number of benzene rings is 4. The molecule has 0 aromatic heterocycles. The topological polar surface area (TPSA) is 12.5 Å². The first kappa shape index (κ1) is 17.3. The summed E-state index contributed by atoms with van der Waals surface area (Å²) in [7, 11) is 0.125. The van der Waals surface area contributed by atoms with Crippen LogP contribution in [0.4, 0.5) is 0 Å². The van der Waals surface area contributed by atoms with Crippen molar-refractivity contribution in [3.63, 3.8) is 0 Å². The van der Waals surface area contributed by atoms with E-state index < -0.39 is 5.60 Å². The van der Waals surface area contributed by atoms with Gasteiger partial charge in [-0.25, -0.2) is 0 Å². The summed E-state index contributed by atoms with van der Waals surface area (Å²) in [4.78, 5) is 2.56. The van der Waals surface area contributed by atoms with Gasteiger partial charge in [-0.05, 0) is 71.0 Å². The molecule has 2 aliphatic rings. The fourth-order valence-electron chi connectivity index (χ4n) is 5.60. The van der Waals surface area contributed by atoms with Crippen LogP contribution in [0.25, 0.3) is 21.5 Å². The number of nitrogens with zero attached hydrogens (tertiary/aromatic N) is 1. The van der Waals surface area contributed by atoms with Crippen molar-refractivity contribution in [1.82, 2.24) is 4.81 Å². The van der Waals surface area contributed by atoms with Gasteiger partial charge in [0.1, 0.15) is 5.60 Å². The van der Waals surface area contributed by atoms with Crippen molar-refractivity contribution in [3.05, 3.63) is 96.1 Å². The summed E-state index contributed by atoms with van der Waals surface area (Å²) in [5, 5.41) is 5.11. The minimum Gasteiger partial charge on any atom is -0.406 e. The van der Waals surface area contributed by atoms with Gasteiger partial charge in [0.15, 0.2) is 0 Å². The molecule has 2 saturated heterocycles. The first-order valence-corrected chi connectivity index (χ1v) is 10.7. The minimum absolute atomic E-state index is 0.125. The molecule has 4 aromatic carbocycles. The standard InChI is InChI=1S/C26H24BNO/c1-27-28-16-6-11-25(28)26(29-27,23-14-12-19-7-2-4-9-21(19)17-23)24-15-13-20-8-3-5-10-22(20)18-24/h2-5,7-10,12-15,17-18,25H,6,11,16H2,1H3. The van der Waals surface area contributed by atoms with Gasteiger partial charge in [0, 0.05) is 6.04 Å². The lowest BCUT2D eigenvalue weighted by Crippen LogP contribution is -2.41. The third-order valence-corrected chi connectivity index (χ3v) is 6.94. The Hall–Kier alpha value is -2.62. The average Bonchev–Trinajstić information content (AvgIpc) is 3.36. The van der Waals surface area contributed by atoms with E-state index in [2.05, 4.69) is 96.6 Å². The summed E-state index contributed by atoms with van der Waals surface area (Å²) in [6.45, 7) is 3.33. The summed E-state index contributed by atoms with van der Waals surface area (Å²) >= 11 is 0. The van der Waals surface area contributed by atoms with Crippen LogP contribution in [0, 0.1) is 0 Å². The van der Waals surface area contributed by atoms with Crippen LogP contribution in [0.3, 0.4) is 0 Å². The van der Waals surface area contributed by atoms with Crippen molar-refractivity contribution in [3.8, 4) is 0 Å². The Kier molecular flexibility index (Phi) is 3.84. The van der Waals surface area contributed by atoms with E-state index in [1.165, 1.54) is 45.5 Å². The van der Waals surface area contributed by atoms with Gasteiger partial charge in [0.25, 0.3) is 0 Å². The van der Waals surface area contributed by atoms with E-state index >= 15 is 0 Å². The molecule has 0 radical (unpaired) electrons. The van der Waals surface area contributed by atoms with E-state index in [1.54, 1.807) is 0 Å². The lowest BCUT2D eigenvalue weighted by atomic mass is 9.78. The van der Waals surface area contributed by atoms with Gasteiger partial charge in [-0.3, -0.25) is 0 Å². The second-order valence-corrected chi connectivity index (χ2v) is 8.47. The molecule has 2 heterocycles. The van der Waals surface area contributed by atoms with Crippen LogP contribution >= 0.6 is 0 Å². The molecule has 4 aromatic rings. The zero-order chi connectivity index (χ0) is 19.4.